The zero-order valence-electron chi connectivity index (χ0n) is 26.7. The number of hydrogen-bond donors (Lipinski definition) is 0. The Labute approximate surface area is 286 Å². The zero-order chi connectivity index (χ0) is 32.2. The normalized spacial score (nSPS) is 12.2. The number of aryl methyl sites for hydroxylation is 1. The summed E-state index contributed by atoms with van der Waals surface area (Å²) in [7, 11) is 0. The van der Waals surface area contributed by atoms with Crippen LogP contribution in [0.4, 0.5) is 0 Å². The number of fused-ring (bicyclic) bond motifs is 14. The van der Waals surface area contributed by atoms with Crippen LogP contribution >= 0.6 is 11.3 Å². The molecule has 2 nitrogen and oxygen atoms in total. The second-order valence-electron chi connectivity index (χ2n) is 13.1. The molecule has 0 unspecified atom stereocenters. The third kappa shape index (κ3) is 3.68. The molecular formula is C46H28N2S. The maximum atomic E-state index is 5.69. The predicted octanol–water partition coefficient (Wildman–Crippen LogP) is 13.1. The van der Waals surface area contributed by atoms with Crippen LogP contribution in [0.25, 0.3) is 102 Å². The molecule has 0 spiro atoms. The first-order valence-corrected chi connectivity index (χ1v) is 17.6. The van der Waals surface area contributed by atoms with E-state index in [9.17, 15) is 0 Å². The van der Waals surface area contributed by atoms with E-state index in [0.717, 1.165) is 11.3 Å². The van der Waals surface area contributed by atoms with Crippen LogP contribution < -0.4 is 0 Å². The molecule has 3 aromatic heterocycles. The second kappa shape index (κ2) is 9.99. The van der Waals surface area contributed by atoms with Gasteiger partial charge in [-0.2, -0.15) is 0 Å². The Kier molecular flexibility index (Phi) is 5.50. The molecule has 8 aromatic carbocycles. The lowest BCUT2D eigenvalue weighted by Crippen LogP contribution is -2.03. The first-order valence-electron chi connectivity index (χ1n) is 16.8. The number of thiophene rings is 1. The maximum Gasteiger partial charge on any atom is 0.146 e. The molecule has 3 heterocycles. The average molecular weight is 641 g/mol. The molecular weight excluding hydrogens is 613 g/mol. The maximum absolute atomic E-state index is 5.69. The van der Waals surface area contributed by atoms with Gasteiger partial charge in [-0.25, -0.2) is 4.98 Å². The van der Waals surface area contributed by atoms with Gasteiger partial charge >= 0.3 is 0 Å². The first-order chi connectivity index (χ1) is 24.2. The Balaban J connectivity index is 1.41. The van der Waals surface area contributed by atoms with Gasteiger partial charge in [0.25, 0.3) is 0 Å². The van der Waals surface area contributed by atoms with Crippen LogP contribution in [0, 0.1) is 6.92 Å². The van der Waals surface area contributed by atoms with Crippen molar-refractivity contribution in [2.75, 3.05) is 0 Å². The average Bonchev–Trinajstić information content (AvgIpc) is 3.69. The summed E-state index contributed by atoms with van der Waals surface area (Å²) in [6, 6.07) is 55.5. The predicted molar refractivity (Wildman–Crippen MR) is 212 cm³/mol. The van der Waals surface area contributed by atoms with Gasteiger partial charge in [-0.15, -0.1) is 11.3 Å². The van der Waals surface area contributed by atoms with Crippen molar-refractivity contribution < 1.29 is 0 Å². The fourth-order valence-electron chi connectivity index (χ4n) is 8.37. The van der Waals surface area contributed by atoms with Crippen LogP contribution in [-0.2, 0) is 0 Å². The van der Waals surface area contributed by atoms with Crippen LogP contribution in [-0.4, -0.2) is 9.55 Å². The van der Waals surface area contributed by atoms with Gasteiger partial charge in [0.05, 0.1) is 21.3 Å². The molecule has 228 valence electrons. The minimum absolute atomic E-state index is 0.972. The molecule has 3 heteroatoms. The van der Waals surface area contributed by atoms with E-state index in [4.69, 9.17) is 4.98 Å². The van der Waals surface area contributed by atoms with Crippen molar-refractivity contribution in [2.45, 2.75) is 6.92 Å². The lowest BCUT2D eigenvalue weighted by molar-refractivity contribution is 1.10. The molecule has 49 heavy (non-hydrogen) atoms. The van der Waals surface area contributed by atoms with E-state index in [1.54, 1.807) is 0 Å². The lowest BCUT2D eigenvalue weighted by Gasteiger charge is -2.17. The van der Waals surface area contributed by atoms with E-state index in [1.807, 2.05) is 11.3 Å². The summed E-state index contributed by atoms with van der Waals surface area (Å²) in [5.74, 6) is 0.972. The minimum atomic E-state index is 0.972. The third-order valence-corrected chi connectivity index (χ3v) is 11.8. The first kappa shape index (κ1) is 27.0. The largest absolute Gasteiger partial charge is 0.293 e. The van der Waals surface area contributed by atoms with E-state index in [2.05, 4.69) is 163 Å². The molecule has 0 fully saturated rings. The van der Waals surface area contributed by atoms with Crippen molar-refractivity contribution in [3.8, 4) is 16.9 Å². The Bertz CT molecular complexity index is 3130. The number of nitrogens with zero attached hydrogens (tertiary/aromatic N) is 2. The monoisotopic (exact) mass is 640 g/mol. The van der Waals surface area contributed by atoms with Crippen molar-refractivity contribution in [2.24, 2.45) is 0 Å². The Morgan fingerprint density at radius 1 is 0.490 bits per heavy atom. The number of pyridine rings is 1. The number of hydrogen-bond acceptors (Lipinski definition) is 2. The highest BCUT2D eigenvalue weighted by Crippen LogP contribution is 2.47. The highest BCUT2D eigenvalue weighted by molar-refractivity contribution is 7.26. The van der Waals surface area contributed by atoms with Gasteiger partial charge in [0.15, 0.2) is 0 Å². The van der Waals surface area contributed by atoms with Gasteiger partial charge in [0.2, 0.25) is 0 Å². The lowest BCUT2D eigenvalue weighted by atomic mass is 9.91. The molecule has 0 radical (unpaired) electrons. The fourth-order valence-corrected chi connectivity index (χ4v) is 9.52. The summed E-state index contributed by atoms with van der Waals surface area (Å²) in [4.78, 5) is 5.69. The third-order valence-electron chi connectivity index (χ3n) is 10.5. The molecule has 0 N–H and O–H groups in total. The van der Waals surface area contributed by atoms with Crippen molar-refractivity contribution in [1.29, 1.82) is 0 Å². The standard InChI is InChI=1S/C46H28N2S/c1-27-41(28-13-3-2-4-14-28)46(47-44-36-21-11-12-22-40(36)49-45(27)44)48-38-24-23-35-33-19-8-7-17-31(33)32-18-9-10-20-34(32)42(35)43(38)37-25-29-15-5-6-16-30(29)26-39(37)48/h2-26H,1H3. The molecule has 11 aromatic rings. The highest BCUT2D eigenvalue weighted by Gasteiger charge is 2.24. The summed E-state index contributed by atoms with van der Waals surface area (Å²) in [6.07, 6.45) is 0. The topological polar surface area (TPSA) is 17.8 Å². The summed E-state index contributed by atoms with van der Waals surface area (Å²) in [6.45, 7) is 2.28. The molecule has 11 rings (SSSR count). The van der Waals surface area contributed by atoms with Gasteiger partial charge in [0, 0.05) is 31.8 Å². The van der Waals surface area contributed by atoms with Crippen LogP contribution in [0.5, 0.6) is 0 Å². The van der Waals surface area contributed by atoms with Crippen molar-refractivity contribution in [1.82, 2.24) is 9.55 Å². The molecule has 0 saturated carbocycles. The van der Waals surface area contributed by atoms with Gasteiger partial charge in [-0.1, -0.05) is 127 Å². The van der Waals surface area contributed by atoms with Gasteiger partial charge < -0.3 is 0 Å². The van der Waals surface area contributed by atoms with Crippen molar-refractivity contribution >= 4 is 96.5 Å². The number of rotatable bonds is 2. The molecule has 0 aliphatic carbocycles. The highest BCUT2D eigenvalue weighted by atomic mass is 32.1. The summed E-state index contributed by atoms with van der Waals surface area (Å²) in [5.41, 5.74) is 7.02. The summed E-state index contributed by atoms with van der Waals surface area (Å²) < 4.78 is 4.97. The van der Waals surface area contributed by atoms with E-state index >= 15 is 0 Å². The van der Waals surface area contributed by atoms with E-state index in [1.165, 1.54) is 96.4 Å². The van der Waals surface area contributed by atoms with Gasteiger partial charge in [-0.3, -0.25) is 4.57 Å². The van der Waals surface area contributed by atoms with Crippen molar-refractivity contribution in [3.05, 3.63) is 157 Å². The van der Waals surface area contributed by atoms with Gasteiger partial charge in [-0.05, 0) is 80.0 Å². The van der Waals surface area contributed by atoms with E-state index < -0.39 is 0 Å². The second-order valence-corrected chi connectivity index (χ2v) is 14.2. The smallest absolute Gasteiger partial charge is 0.146 e. The molecule has 0 aliphatic rings. The SMILES string of the molecule is Cc1c(-c2ccccc2)c(-n2c3cc4ccccc4cc3c3c4c5ccccc5c5ccccc5c4ccc32)nc2c1sc1ccccc12. The van der Waals surface area contributed by atoms with Crippen LogP contribution in [0.2, 0.25) is 0 Å². The summed E-state index contributed by atoms with van der Waals surface area (Å²) >= 11 is 1.84. The zero-order valence-corrected chi connectivity index (χ0v) is 27.6. The number of benzene rings is 8. The molecule has 0 saturated heterocycles. The molecule has 0 aliphatic heterocycles. The molecule has 0 amide bonds. The van der Waals surface area contributed by atoms with Crippen molar-refractivity contribution in [3.63, 3.8) is 0 Å². The Morgan fingerprint density at radius 2 is 1.08 bits per heavy atom. The van der Waals surface area contributed by atoms with Crippen LogP contribution in [0.1, 0.15) is 5.56 Å². The number of aromatic nitrogens is 2. The van der Waals surface area contributed by atoms with E-state index in [0.29, 0.717) is 0 Å². The fraction of sp³-hybridized carbons (Fsp3) is 0.0217. The Hall–Kier alpha value is -6.03. The van der Waals surface area contributed by atoms with Gasteiger partial charge in [0.1, 0.15) is 5.82 Å². The molecule has 0 bridgehead atoms. The van der Waals surface area contributed by atoms with Crippen LogP contribution in [0.3, 0.4) is 0 Å². The molecule has 0 atom stereocenters. The Morgan fingerprint density at radius 3 is 1.84 bits per heavy atom. The van der Waals surface area contributed by atoms with E-state index in [-0.39, 0.29) is 0 Å². The summed E-state index contributed by atoms with van der Waals surface area (Å²) in [5, 5.41) is 13.9. The van der Waals surface area contributed by atoms with Crippen LogP contribution in [0.15, 0.2) is 152 Å². The minimum Gasteiger partial charge on any atom is -0.293 e. The quantitative estimate of drug-likeness (QED) is 0.172.